The first kappa shape index (κ1) is 19.1. The topological polar surface area (TPSA) is 71.8 Å². The van der Waals surface area contributed by atoms with Crippen LogP contribution in [0.5, 0.6) is 0 Å². The molecular formula is C23H22N2O4S. The maximum atomic E-state index is 13.5. The van der Waals surface area contributed by atoms with E-state index in [0.29, 0.717) is 25.1 Å². The molecule has 1 N–H and O–H groups in total. The van der Waals surface area contributed by atoms with Gasteiger partial charge < -0.3 is 14.4 Å². The Morgan fingerprint density at radius 2 is 2.00 bits per heavy atom. The Morgan fingerprint density at radius 3 is 2.77 bits per heavy atom. The number of carbonyl (C=O) groups is 1. The lowest BCUT2D eigenvalue weighted by Crippen LogP contribution is -2.36. The summed E-state index contributed by atoms with van der Waals surface area (Å²) in [4.78, 5) is 28.5. The lowest BCUT2D eigenvalue weighted by atomic mass is 9.92. The van der Waals surface area contributed by atoms with Crippen LogP contribution in [0.25, 0.3) is 21.7 Å². The standard InChI is InChI=1S/C23H22N2O4S/c1-29-23(28)25-11-8-18(26)19(25)17-13-16(14-5-3-2-4-6-14)22(27)24-10-7-15-9-12-30-21(15)20(17)24/h2-6,9,12-13,18-19,26H,7-8,10-11H2,1H3. The molecule has 0 radical (unpaired) electrons. The zero-order chi connectivity index (χ0) is 20.8. The van der Waals surface area contributed by atoms with Gasteiger partial charge >= 0.3 is 6.09 Å². The minimum Gasteiger partial charge on any atom is -0.453 e. The zero-order valence-corrected chi connectivity index (χ0v) is 17.4. The number of aliphatic hydroxyl groups excluding tert-OH is 1. The maximum absolute atomic E-state index is 13.5. The van der Waals surface area contributed by atoms with Crippen LogP contribution in [0.1, 0.15) is 23.6 Å². The predicted octanol–water partition coefficient (Wildman–Crippen LogP) is 3.67. The van der Waals surface area contributed by atoms with Gasteiger partial charge in [-0.15, -0.1) is 11.3 Å². The van der Waals surface area contributed by atoms with Gasteiger partial charge in [-0.1, -0.05) is 30.3 Å². The first-order valence-corrected chi connectivity index (χ1v) is 10.9. The number of thiophene rings is 1. The van der Waals surface area contributed by atoms with Crippen LogP contribution >= 0.6 is 11.3 Å². The van der Waals surface area contributed by atoms with Crippen LogP contribution in [-0.4, -0.2) is 40.4 Å². The third-order valence-corrected chi connectivity index (χ3v) is 7.03. The number of amides is 1. The molecule has 1 fully saturated rings. The highest BCUT2D eigenvalue weighted by Crippen LogP contribution is 2.43. The van der Waals surface area contributed by atoms with Crippen molar-refractivity contribution in [3.05, 3.63) is 69.3 Å². The molecule has 2 aliphatic heterocycles. The summed E-state index contributed by atoms with van der Waals surface area (Å²) in [5.74, 6) is 0. The van der Waals surface area contributed by atoms with Crippen molar-refractivity contribution in [1.82, 2.24) is 9.47 Å². The predicted molar refractivity (Wildman–Crippen MR) is 116 cm³/mol. The van der Waals surface area contributed by atoms with Crippen molar-refractivity contribution in [2.24, 2.45) is 0 Å². The number of aliphatic hydroxyl groups is 1. The molecule has 1 aromatic carbocycles. The van der Waals surface area contributed by atoms with Gasteiger partial charge in [0.25, 0.3) is 5.56 Å². The van der Waals surface area contributed by atoms with E-state index in [4.69, 9.17) is 4.74 Å². The monoisotopic (exact) mass is 422 g/mol. The molecule has 4 heterocycles. The summed E-state index contributed by atoms with van der Waals surface area (Å²) in [5.41, 5.74) is 4.18. The first-order chi connectivity index (χ1) is 14.6. The van der Waals surface area contributed by atoms with Crippen LogP contribution in [0, 0.1) is 0 Å². The molecule has 5 rings (SSSR count). The van der Waals surface area contributed by atoms with Gasteiger partial charge in [0.05, 0.1) is 29.8 Å². The van der Waals surface area contributed by atoms with Crippen molar-refractivity contribution in [1.29, 1.82) is 0 Å². The first-order valence-electron chi connectivity index (χ1n) is 10.0. The van der Waals surface area contributed by atoms with Crippen LogP contribution < -0.4 is 5.56 Å². The fourth-order valence-electron chi connectivity index (χ4n) is 4.65. The lowest BCUT2D eigenvalue weighted by Gasteiger charge is -2.31. The second kappa shape index (κ2) is 7.41. The summed E-state index contributed by atoms with van der Waals surface area (Å²) in [6, 6.07) is 12.9. The molecule has 1 amide bonds. The number of hydrogen-bond acceptors (Lipinski definition) is 5. The molecule has 1 saturated heterocycles. The molecule has 2 aliphatic rings. The number of benzene rings is 1. The zero-order valence-electron chi connectivity index (χ0n) is 16.6. The van der Waals surface area contributed by atoms with E-state index in [1.807, 2.05) is 46.3 Å². The number of likely N-dealkylation sites (tertiary alicyclic amines) is 1. The SMILES string of the molecule is COC(=O)N1CCC(O)C1c1cc(-c2ccccc2)c(=O)n2c1-c1sccc1CC2. The molecule has 2 atom stereocenters. The van der Waals surface area contributed by atoms with Crippen LogP contribution in [0.3, 0.4) is 0 Å². The summed E-state index contributed by atoms with van der Waals surface area (Å²) < 4.78 is 6.80. The number of fused-ring (bicyclic) bond motifs is 3. The van der Waals surface area contributed by atoms with E-state index in [1.165, 1.54) is 12.7 Å². The van der Waals surface area contributed by atoms with Gasteiger partial charge in [0.2, 0.25) is 0 Å². The number of methoxy groups -OCH3 is 1. The molecule has 0 saturated carbocycles. The molecule has 154 valence electrons. The highest BCUT2D eigenvalue weighted by atomic mass is 32.1. The molecule has 2 aromatic heterocycles. The van der Waals surface area contributed by atoms with Crippen molar-refractivity contribution >= 4 is 17.4 Å². The molecule has 0 bridgehead atoms. The van der Waals surface area contributed by atoms with Crippen molar-refractivity contribution in [2.45, 2.75) is 31.5 Å². The number of pyridine rings is 1. The van der Waals surface area contributed by atoms with Crippen LogP contribution in [0.15, 0.2) is 52.6 Å². The molecule has 0 aliphatic carbocycles. The second-order valence-electron chi connectivity index (χ2n) is 7.67. The Labute approximate surface area is 178 Å². The van der Waals surface area contributed by atoms with Crippen LogP contribution in [0.2, 0.25) is 0 Å². The molecule has 0 spiro atoms. The third-order valence-electron chi connectivity index (χ3n) is 6.06. The molecule has 30 heavy (non-hydrogen) atoms. The Balaban J connectivity index is 1.80. The Kier molecular flexibility index (Phi) is 4.72. The average molecular weight is 423 g/mol. The summed E-state index contributed by atoms with van der Waals surface area (Å²) >= 11 is 1.59. The lowest BCUT2D eigenvalue weighted by molar-refractivity contribution is 0.0887. The maximum Gasteiger partial charge on any atom is 0.410 e. The number of carbonyl (C=O) groups excluding carboxylic acids is 1. The Morgan fingerprint density at radius 1 is 1.20 bits per heavy atom. The number of ether oxygens (including phenoxy) is 1. The summed E-state index contributed by atoms with van der Waals surface area (Å²) in [5, 5.41) is 12.9. The summed E-state index contributed by atoms with van der Waals surface area (Å²) in [6.07, 6.45) is 0.0680. The average Bonchev–Trinajstić information content (AvgIpc) is 3.41. The van der Waals surface area contributed by atoms with Crippen molar-refractivity contribution in [3.63, 3.8) is 0 Å². The smallest absolute Gasteiger partial charge is 0.410 e. The van der Waals surface area contributed by atoms with E-state index in [2.05, 4.69) is 6.07 Å². The molecule has 6 nitrogen and oxygen atoms in total. The number of nitrogens with zero attached hydrogens (tertiary/aromatic N) is 2. The number of aryl methyl sites for hydroxylation is 1. The van der Waals surface area contributed by atoms with Gasteiger partial charge in [-0.3, -0.25) is 9.69 Å². The Hall–Kier alpha value is -2.90. The number of aromatic nitrogens is 1. The minimum absolute atomic E-state index is 0.0453. The van der Waals surface area contributed by atoms with Gasteiger partial charge in [0.15, 0.2) is 0 Å². The molecule has 3 aromatic rings. The summed E-state index contributed by atoms with van der Waals surface area (Å²) in [7, 11) is 1.35. The van der Waals surface area contributed by atoms with E-state index in [9.17, 15) is 14.7 Å². The largest absolute Gasteiger partial charge is 0.453 e. The van der Waals surface area contributed by atoms with Crippen molar-refractivity contribution < 1.29 is 14.6 Å². The van der Waals surface area contributed by atoms with E-state index in [0.717, 1.165) is 28.1 Å². The van der Waals surface area contributed by atoms with Gasteiger partial charge in [0, 0.05) is 24.2 Å². The minimum atomic E-state index is -0.722. The number of rotatable bonds is 2. The third kappa shape index (κ3) is 2.88. The van der Waals surface area contributed by atoms with E-state index < -0.39 is 18.2 Å². The van der Waals surface area contributed by atoms with Gasteiger partial charge in [-0.25, -0.2) is 4.79 Å². The normalized spacial score (nSPS) is 20.0. The second-order valence-corrected chi connectivity index (χ2v) is 8.59. The van der Waals surface area contributed by atoms with E-state index >= 15 is 0 Å². The molecule has 7 heteroatoms. The van der Waals surface area contributed by atoms with Gasteiger partial charge in [0.1, 0.15) is 0 Å². The highest BCUT2D eigenvalue weighted by Gasteiger charge is 2.41. The highest BCUT2D eigenvalue weighted by molar-refractivity contribution is 7.13. The van der Waals surface area contributed by atoms with Crippen molar-refractivity contribution in [3.8, 4) is 21.7 Å². The van der Waals surface area contributed by atoms with Crippen molar-refractivity contribution in [2.75, 3.05) is 13.7 Å². The quantitative estimate of drug-likeness (QED) is 0.684. The molecule has 2 unspecified atom stereocenters. The molecular weight excluding hydrogens is 400 g/mol. The van der Waals surface area contributed by atoms with Crippen LogP contribution in [0.4, 0.5) is 4.79 Å². The number of hydrogen-bond donors (Lipinski definition) is 1. The van der Waals surface area contributed by atoms with Crippen LogP contribution in [-0.2, 0) is 17.7 Å². The summed E-state index contributed by atoms with van der Waals surface area (Å²) in [6.45, 7) is 0.988. The van der Waals surface area contributed by atoms with E-state index in [1.54, 1.807) is 16.2 Å². The Bertz CT molecular complexity index is 1170. The fraction of sp³-hybridized carbons (Fsp3) is 0.304. The fourth-order valence-corrected chi connectivity index (χ4v) is 5.68. The van der Waals surface area contributed by atoms with Gasteiger partial charge in [-0.05, 0) is 41.5 Å². The van der Waals surface area contributed by atoms with Gasteiger partial charge in [-0.2, -0.15) is 0 Å². The van der Waals surface area contributed by atoms with E-state index in [-0.39, 0.29) is 5.56 Å².